The number of rotatable bonds is 3. The lowest BCUT2D eigenvalue weighted by molar-refractivity contribution is -0.150. The number of ether oxygens (including phenoxy) is 1. The van der Waals surface area contributed by atoms with Crippen molar-refractivity contribution < 1.29 is 9.53 Å². The van der Waals surface area contributed by atoms with E-state index in [-0.39, 0.29) is 5.97 Å². The van der Waals surface area contributed by atoms with Crippen LogP contribution in [0.5, 0.6) is 0 Å². The van der Waals surface area contributed by atoms with E-state index in [9.17, 15) is 4.79 Å². The minimum absolute atomic E-state index is 0.298. The van der Waals surface area contributed by atoms with Crippen LogP contribution in [-0.4, -0.2) is 22.4 Å². The standard InChI is InChI=1S/C20H19N3O2/c1-3-25-19(24)20(15-9-5-4-6-10-15)21-17-12-8-7-11-16(17)18-13-14(2)22-23(18)20/h4-13,21H,3H2,1-2H3/t20-/m1/s1. The molecule has 1 atom stereocenters. The van der Waals surface area contributed by atoms with E-state index in [4.69, 9.17) is 4.74 Å². The molecule has 4 rings (SSSR count). The second kappa shape index (κ2) is 5.77. The van der Waals surface area contributed by atoms with Gasteiger partial charge in [-0.1, -0.05) is 48.5 Å². The van der Waals surface area contributed by atoms with Gasteiger partial charge in [0, 0.05) is 16.8 Å². The summed E-state index contributed by atoms with van der Waals surface area (Å²) < 4.78 is 7.21. The predicted octanol–water partition coefficient (Wildman–Crippen LogP) is 3.55. The Morgan fingerprint density at radius 3 is 2.64 bits per heavy atom. The third kappa shape index (κ3) is 2.23. The largest absolute Gasteiger partial charge is 0.463 e. The molecule has 2 aromatic carbocycles. The van der Waals surface area contributed by atoms with Crippen LogP contribution in [0.25, 0.3) is 11.3 Å². The first-order chi connectivity index (χ1) is 12.2. The number of benzene rings is 2. The highest BCUT2D eigenvalue weighted by Gasteiger charge is 2.49. The maximum atomic E-state index is 13.2. The molecule has 0 saturated carbocycles. The number of para-hydroxylation sites is 1. The number of aromatic nitrogens is 2. The lowest BCUT2D eigenvalue weighted by Gasteiger charge is -2.39. The zero-order valence-corrected chi connectivity index (χ0v) is 14.2. The SMILES string of the molecule is CCOC(=O)[C@]1(c2ccccc2)Nc2ccccc2-c2cc(C)nn21. The Kier molecular flexibility index (Phi) is 3.57. The van der Waals surface area contributed by atoms with Crippen LogP contribution in [0.4, 0.5) is 5.69 Å². The molecular weight excluding hydrogens is 314 g/mol. The number of carbonyl (C=O) groups is 1. The molecule has 0 bridgehead atoms. The Labute approximate surface area is 146 Å². The first-order valence-electron chi connectivity index (χ1n) is 8.34. The number of nitrogens with one attached hydrogen (secondary N) is 1. The van der Waals surface area contributed by atoms with Gasteiger partial charge >= 0.3 is 5.97 Å². The van der Waals surface area contributed by atoms with Crippen molar-refractivity contribution in [2.75, 3.05) is 11.9 Å². The summed E-state index contributed by atoms with van der Waals surface area (Å²) in [6.45, 7) is 4.03. The molecule has 0 unspecified atom stereocenters. The third-order valence-electron chi connectivity index (χ3n) is 4.43. The van der Waals surface area contributed by atoms with E-state index in [1.165, 1.54) is 0 Å². The van der Waals surface area contributed by atoms with E-state index < -0.39 is 5.66 Å². The van der Waals surface area contributed by atoms with Crippen molar-refractivity contribution in [3.8, 4) is 11.3 Å². The van der Waals surface area contributed by atoms with E-state index in [0.29, 0.717) is 6.61 Å². The summed E-state index contributed by atoms with van der Waals surface area (Å²) in [6, 6.07) is 19.5. The van der Waals surface area contributed by atoms with Crippen LogP contribution >= 0.6 is 0 Å². The minimum atomic E-state index is -1.23. The van der Waals surface area contributed by atoms with Crippen LogP contribution in [0.1, 0.15) is 18.2 Å². The molecule has 25 heavy (non-hydrogen) atoms. The fourth-order valence-corrected chi connectivity index (χ4v) is 3.38. The maximum absolute atomic E-state index is 13.2. The molecule has 3 aromatic rings. The van der Waals surface area contributed by atoms with Crippen molar-refractivity contribution in [1.29, 1.82) is 0 Å². The van der Waals surface area contributed by atoms with Crippen molar-refractivity contribution in [2.45, 2.75) is 19.5 Å². The van der Waals surface area contributed by atoms with Crippen molar-refractivity contribution in [3.05, 3.63) is 71.9 Å². The molecule has 0 aliphatic carbocycles. The van der Waals surface area contributed by atoms with Gasteiger partial charge in [-0.3, -0.25) is 0 Å². The van der Waals surface area contributed by atoms with Gasteiger partial charge in [0.05, 0.1) is 18.0 Å². The number of anilines is 1. The van der Waals surface area contributed by atoms with Crippen LogP contribution < -0.4 is 5.32 Å². The van der Waals surface area contributed by atoms with Crippen LogP contribution in [0.15, 0.2) is 60.7 Å². The monoisotopic (exact) mass is 333 g/mol. The Balaban J connectivity index is 2.04. The highest BCUT2D eigenvalue weighted by atomic mass is 16.5. The van der Waals surface area contributed by atoms with Gasteiger partial charge in [0.1, 0.15) is 0 Å². The molecule has 5 nitrogen and oxygen atoms in total. The Bertz CT molecular complexity index is 933. The van der Waals surface area contributed by atoms with Gasteiger partial charge in [0.15, 0.2) is 0 Å². The van der Waals surface area contributed by atoms with Crippen molar-refractivity contribution in [1.82, 2.24) is 9.78 Å². The summed E-state index contributed by atoms with van der Waals surface area (Å²) in [6.07, 6.45) is 0. The lowest BCUT2D eigenvalue weighted by atomic mass is 9.94. The number of nitrogens with zero attached hydrogens (tertiary/aromatic N) is 2. The molecule has 2 heterocycles. The highest BCUT2D eigenvalue weighted by Crippen LogP contribution is 2.42. The first kappa shape index (κ1) is 15.4. The molecule has 0 saturated heterocycles. The van der Waals surface area contributed by atoms with E-state index >= 15 is 0 Å². The topological polar surface area (TPSA) is 56.1 Å². The summed E-state index contributed by atoms with van der Waals surface area (Å²) in [7, 11) is 0. The molecular formula is C20H19N3O2. The fourth-order valence-electron chi connectivity index (χ4n) is 3.38. The first-order valence-corrected chi connectivity index (χ1v) is 8.34. The minimum Gasteiger partial charge on any atom is -0.463 e. The Hall–Kier alpha value is -3.08. The lowest BCUT2D eigenvalue weighted by Crippen LogP contribution is -2.53. The number of hydrogen-bond donors (Lipinski definition) is 1. The van der Waals surface area contributed by atoms with E-state index in [1.54, 1.807) is 4.68 Å². The van der Waals surface area contributed by atoms with E-state index in [0.717, 1.165) is 28.2 Å². The van der Waals surface area contributed by atoms with E-state index in [2.05, 4.69) is 10.4 Å². The second-order valence-corrected chi connectivity index (χ2v) is 6.05. The zero-order chi connectivity index (χ0) is 17.4. The molecule has 5 heteroatoms. The molecule has 0 amide bonds. The number of hydrogen-bond acceptors (Lipinski definition) is 4. The summed E-state index contributed by atoms with van der Waals surface area (Å²) in [5.41, 5.74) is 3.19. The number of fused-ring (bicyclic) bond motifs is 3. The molecule has 1 aromatic heterocycles. The quantitative estimate of drug-likeness (QED) is 0.745. The van der Waals surface area contributed by atoms with E-state index in [1.807, 2.05) is 74.5 Å². The van der Waals surface area contributed by atoms with Crippen LogP contribution in [0.2, 0.25) is 0 Å². The van der Waals surface area contributed by atoms with Gasteiger partial charge in [-0.25, -0.2) is 9.48 Å². The molecule has 1 N–H and O–H groups in total. The second-order valence-electron chi connectivity index (χ2n) is 6.05. The fraction of sp³-hybridized carbons (Fsp3) is 0.200. The summed E-state index contributed by atoms with van der Waals surface area (Å²) >= 11 is 0. The van der Waals surface area contributed by atoms with Crippen LogP contribution in [0.3, 0.4) is 0 Å². The number of aryl methyl sites for hydroxylation is 1. The van der Waals surface area contributed by atoms with Gasteiger partial charge in [-0.15, -0.1) is 0 Å². The summed E-state index contributed by atoms with van der Waals surface area (Å²) in [4.78, 5) is 13.2. The third-order valence-corrected chi connectivity index (χ3v) is 4.43. The van der Waals surface area contributed by atoms with Gasteiger partial charge < -0.3 is 10.1 Å². The molecule has 0 spiro atoms. The average molecular weight is 333 g/mol. The predicted molar refractivity (Wildman–Crippen MR) is 96.2 cm³/mol. The van der Waals surface area contributed by atoms with Crippen LogP contribution in [0, 0.1) is 6.92 Å². The highest BCUT2D eigenvalue weighted by molar-refractivity contribution is 5.92. The molecule has 1 aliphatic heterocycles. The maximum Gasteiger partial charge on any atom is 0.359 e. The van der Waals surface area contributed by atoms with Gasteiger partial charge in [-0.05, 0) is 26.0 Å². The van der Waals surface area contributed by atoms with Gasteiger partial charge in [0.2, 0.25) is 0 Å². The zero-order valence-electron chi connectivity index (χ0n) is 14.2. The molecule has 0 fully saturated rings. The summed E-state index contributed by atoms with van der Waals surface area (Å²) in [5, 5.41) is 8.04. The molecule has 1 aliphatic rings. The molecule has 0 radical (unpaired) electrons. The number of carbonyl (C=O) groups excluding carboxylic acids is 1. The van der Waals surface area contributed by atoms with Crippen molar-refractivity contribution in [3.63, 3.8) is 0 Å². The van der Waals surface area contributed by atoms with Crippen molar-refractivity contribution in [2.24, 2.45) is 0 Å². The average Bonchev–Trinajstić information content (AvgIpc) is 3.04. The van der Waals surface area contributed by atoms with Crippen molar-refractivity contribution >= 4 is 11.7 Å². The summed E-state index contributed by atoms with van der Waals surface area (Å²) in [5.74, 6) is -0.375. The number of esters is 1. The Morgan fingerprint density at radius 1 is 1.16 bits per heavy atom. The van der Waals surface area contributed by atoms with Gasteiger partial charge in [-0.2, -0.15) is 5.10 Å². The van der Waals surface area contributed by atoms with Gasteiger partial charge in [0.25, 0.3) is 5.66 Å². The molecule has 126 valence electrons. The van der Waals surface area contributed by atoms with Crippen LogP contribution in [-0.2, 0) is 15.2 Å². The normalized spacial score (nSPS) is 18.0. The Morgan fingerprint density at radius 2 is 1.88 bits per heavy atom. The smallest absolute Gasteiger partial charge is 0.359 e.